The molecule has 1 N–H and O–H groups in total. The van der Waals surface area contributed by atoms with Gasteiger partial charge < -0.3 is 10.1 Å². The molecule has 3 heteroatoms. The number of hydrogen-bond donors (Lipinski definition) is 1. The van der Waals surface area contributed by atoms with E-state index in [0.29, 0.717) is 0 Å². The van der Waals surface area contributed by atoms with Crippen LogP contribution >= 0.6 is 11.8 Å². The lowest BCUT2D eigenvalue weighted by Crippen LogP contribution is -2.21. The maximum Gasteiger partial charge on any atom is 0.113 e. The lowest BCUT2D eigenvalue weighted by Gasteiger charge is -2.23. The average molecular weight is 249 g/mol. The molecule has 0 saturated heterocycles. The molecule has 1 aromatic carbocycles. The molecule has 0 radical (unpaired) electrons. The van der Waals surface area contributed by atoms with Crippen LogP contribution in [0.4, 0.5) is 0 Å². The van der Waals surface area contributed by atoms with Crippen molar-refractivity contribution < 1.29 is 4.74 Å². The zero-order valence-corrected chi connectivity index (χ0v) is 11.2. The smallest absolute Gasteiger partial charge is 0.113 e. The standard InChI is InChI=1S/C14H19NOS/c1-15-14(13-5-3-4-10-16-13)11-6-8-12(17-2)9-7-11/h5-9,14-15H,3-4,10H2,1-2H3. The van der Waals surface area contributed by atoms with Gasteiger partial charge in [0.15, 0.2) is 0 Å². The summed E-state index contributed by atoms with van der Waals surface area (Å²) in [6.07, 6.45) is 6.55. The van der Waals surface area contributed by atoms with Gasteiger partial charge in [-0.3, -0.25) is 0 Å². The highest BCUT2D eigenvalue weighted by Crippen LogP contribution is 2.27. The molecule has 0 fully saturated rings. The van der Waals surface area contributed by atoms with Crippen molar-refractivity contribution >= 4 is 11.8 Å². The third-order valence-corrected chi connectivity index (χ3v) is 3.73. The van der Waals surface area contributed by atoms with Crippen molar-refractivity contribution in [3.05, 3.63) is 41.7 Å². The van der Waals surface area contributed by atoms with Crippen LogP contribution in [0.3, 0.4) is 0 Å². The monoisotopic (exact) mass is 249 g/mol. The third-order valence-electron chi connectivity index (χ3n) is 2.99. The zero-order valence-electron chi connectivity index (χ0n) is 10.4. The summed E-state index contributed by atoms with van der Waals surface area (Å²) in [5, 5.41) is 3.33. The summed E-state index contributed by atoms with van der Waals surface area (Å²) in [6, 6.07) is 8.85. The van der Waals surface area contributed by atoms with Crippen LogP contribution < -0.4 is 5.32 Å². The van der Waals surface area contributed by atoms with E-state index >= 15 is 0 Å². The van der Waals surface area contributed by atoms with Crippen LogP contribution in [0.1, 0.15) is 24.4 Å². The Morgan fingerprint density at radius 2 is 2.06 bits per heavy atom. The molecule has 92 valence electrons. The minimum Gasteiger partial charge on any atom is -0.496 e. The largest absolute Gasteiger partial charge is 0.496 e. The van der Waals surface area contributed by atoms with E-state index in [1.54, 1.807) is 11.8 Å². The number of ether oxygens (including phenoxy) is 1. The topological polar surface area (TPSA) is 21.3 Å². The molecule has 1 aliphatic heterocycles. The van der Waals surface area contributed by atoms with Gasteiger partial charge in [-0.25, -0.2) is 0 Å². The molecule has 17 heavy (non-hydrogen) atoms. The Labute approximate surface area is 107 Å². The summed E-state index contributed by atoms with van der Waals surface area (Å²) in [6.45, 7) is 0.840. The molecule has 1 unspecified atom stereocenters. The number of rotatable bonds is 4. The molecule has 0 aliphatic carbocycles. The third kappa shape index (κ3) is 3.05. The Kier molecular flexibility index (Phi) is 4.51. The van der Waals surface area contributed by atoms with Gasteiger partial charge in [-0.1, -0.05) is 12.1 Å². The molecule has 0 bridgehead atoms. The number of likely N-dealkylation sites (N-methyl/N-ethyl adjacent to an activating group) is 1. The molecule has 1 atom stereocenters. The van der Waals surface area contributed by atoms with Gasteiger partial charge in [-0.15, -0.1) is 11.8 Å². The minimum absolute atomic E-state index is 0.186. The SMILES string of the molecule is CNC(C1=CCCCO1)c1ccc(SC)cc1. The van der Waals surface area contributed by atoms with Crippen molar-refractivity contribution in [2.45, 2.75) is 23.8 Å². The van der Waals surface area contributed by atoms with Gasteiger partial charge >= 0.3 is 0 Å². The second-order valence-corrected chi connectivity index (χ2v) is 4.97. The van der Waals surface area contributed by atoms with E-state index in [9.17, 15) is 0 Å². The first kappa shape index (κ1) is 12.5. The molecule has 0 amide bonds. The second kappa shape index (κ2) is 6.12. The van der Waals surface area contributed by atoms with Crippen LogP contribution in [0.25, 0.3) is 0 Å². The van der Waals surface area contributed by atoms with Crippen molar-refractivity contribution in [3.8, 4) is 0 Å². The predicted molar refractivity (Wildman–Crippen MR) is 73.3 cm³/mol. The molecular formula is C14H19NOS. The average Bonchev–Trinajstić information content (AvgIpc) is 2.42. The molecule has 1 heterocycles. The number of benzene rings is 1. The second-order valence-electron chi connectivity index (χ2n) is 4.09. The van der Waals surface area contributed by atoms with Crippen molar-refractivity contribution in [2.24, 2.45) is 0 Å². The summed E-state index contributed by atoms with van der Waals surface area (Å²) < 4.78 is 5.74. The number of nitrogens with one attached hydrogen (secondary N) is 1. The predicted octanol–water partition coefficient (Wildman–Crippen LogP) is 3.36. The van der Waals surface area contributed by atoms with Crippen molar-refractivity contribution in [3.63, 3.8) is 0 Å². The Hall–Kier alpha value is -0.930. The molecule has 0 aromatic heterocycles. The lowest BCUT2D eigenvalue weighted by molar-refractivity contribution is 0.169. The van der Waals surface area contributed by atoms with Crippen LogP contribution in [0.2, 0.25) is 0 Å². The number of allylic oxidation sites excluding steroid dienone is 1. The van der Waals surface area contributed by atoms with E-state index < -0.39 is 0 Å². The van der Waals surface area contributed by atoms with Crippen molar-refractivity contribution in [1.29, 1.82) is 0 Å². The molecule has 2 nitrogen and oxygen atoms in total. The highest BCUT2D eigenvalue weighted by atomic mass is 32.2. The van der Waals surface area contributed by atoms with Gasteiger partial charge in [0.1, 0.15) is 5.76 Å². The summed E-state index contributed by atoms with van der Waals surface area (Å²) in [4.78, 5) is 1.29. The molecular weight excluding hydrogens is 230 g/mol. The Morgan fingerprint density at radius 3 is 2.59 bits per heavy atom. The highest BCUT2D eigenvalue weighted by Gasteiger charge is 2.17. The maximum atomic E-state index is 5.74. The van der Waals surface area contributed by atoms with Gasteiger partial charge in [0.2, 0.25) is 0 Å². The van der Waals surface area contributed by atoms with Crippen LogP contribution in [-0.2, 0) is 4.74 Å². The van der Waals surface area contributed by atoms with Gasteiger partial charge in [0.05, 0.1) is 12.6 Å². The number of hydrogen-bond acceptors (Lipinski definition) is 3. The Balaban J connectivity index is 2.18. The maximum absolute atomic E-state index is 5.74. The fourth-order valence-corrected chi connectivity index (χ4v) is 2.46. The molecule has 2 rings (SSSR count). The summed E-state index contributed by atoms with van der Waals surface area (Å²) in [5.41, 5.74) is 1.26. The fraction of sp³-hybridized carbons (Fsp3) is 0.429. The zero-order chi connectivity index (χ0) is 12.1. The van der Waals surface area contributed by atoms with E-state index in [1.165, 1.54) is 10.5 Å². The summed E-state index contributed by atoms with van der Waals surface area (Å²) in [5.74, 6) is 1.07. The first-order valence-corrected chi connectivity index (χ1v) is 7.21. The highest BCUT2D eigenvalue weighted by molar-refractivity contribution is 7.98. The van der Waals surface area contributed by atoms with Crippen molar-refractivity contribution in [2.75, 3.05) is 19.9 Å². The van der Waals surface area contributed by atoms with Gasteiger partial charge in [0, 0.05) is 4.90 Å². The molecule has 1 aromatic rings. The van der Waals surface area contributed by atoms with Crippen LogP contribution in [-0.4, -0.2) is 19.9 Å². The molecule has 0 spiro atoms. The first-order valence-electron chi connectivity index (χ1n) is 5.99. The lowest BCUT2D eigenvalue weighted by atomic mass is 10.0. The van der Waals surface area contributed by atoms with E-state index in [2.05, 4.69) is 41.9 Å². The molecule has 0 saturated carbocycles. The van der Waals surface area contributed by atoms with Gasteiger partial charge in [-0.05, 0) is 49.9 Å². The fourth-order valence-electron chi connectivity index (χ4n) is 2.05. The van der Waals surface area contributed by atoms with Crippen molar-refractivity contribution in [1.82, 2.24) is 5.32 Å². The quantitative estimate of drug-likeness (QED) is 0.827. The first-order chi connectivity index (χ1) is 8.35. The van der Waals surface area contributed by atoms with E-state index in [1.807, 2.05) is 7.05 Å². The Bertz CT molecular complexity index is 386. The minimum atomic E-state index is 0.186. The van der Waals surface area contributed by atoms with Gasteiger partial charge in [-0.2, -0.15) is 0 Å². The van der Waals surface area contributed by atoms with Crippen LogP contribution in [0.15, 0.2) is 41.0 Å². The molecule has 1 aliphatic rings. The van der Waals surface area contributed by atoms with Crippen LogP contribution in [0, 0.1) is 0 Å². The number of thioether (sulfide) groups is 1. The Morgan fingerprint density at radius 1 is 1.29 bits per heavy atom. The van der Waals surface area contributed by atoms with Crippen LogP contribution in [0.5, 0.6) is 0 Å². The van der Waals surface area contributed by atoms with Gasteiger partial charge in [0.25, 0.3) is 0 Å². The van der Waals surface area contributed by atoms with E-state index in [4.69, 9.17) is 4.74 Å². The van der Waals surface area contributed by atoms with E-state index in [-0.39, 0.29) is 6.04 Å². The summed E-state index contributed by atoms with van der Waals surface area (Å²) >= 11 is 1.77. The summed E-state index contributed by atoms with van der Waals surface area (Å²) in [7, 11) is 1.98. The normalized spacial score (nSPS) is 17.2. The van der Waals surface area contributed by atoms with E-state index in [0.717, 1.165) is 25.2 Å².